The van der Waals surface area contributed by atoms with Crippen LogP contribution in [0.15, 0.2) is 24.3 Å². The molecule has 2 rings (SSSR count). The van der Waals surface area contributed by atoms with Crippen LogP contribution in [0.4, 0.5) is 0 Å². The van der Waals surface area contributed by atoms with Gasteiger partial charge in [-0.15, -0.1) is 0 Å². The summed E-state index contributed by atoms with van der Waals surface area (Å²) in [6.07, 6.45) is 1.54. The summed E-state index contributed by atoms with van der Waals surface area (Å²) in [5, 5.41) is 3.06. The van der Waals surface area contributed by atoms with Gasteiger partial charge in [0.25, 0.3) is 0 Å². The predicted molar refractivity (Wildman–Crippen MR) is 68.4 cm³/mol. The molecule has 1 saturated carbocycles. The first-order valence-electron chi connectivity index (χ1n) is 6.08. The lowest BCUT2D eigenvalue weighted by atomic mass is 10.1. The van der Waals surface area contributed by atoms with Crippen molar-refractivity contribution >= 4 is 5.91 Å². The Morgan fingerprint density at radius 2 is 1.88 bits per heavy atom. The van der Waals surface area contributed by atoms with Gasteiger partial charge < -0.3 is 11.1 Å². The quantitative estimate of drug-likeness (QED) is 0.828. The third-order valence-electron chi connectivity index (χ3n) is 3.47. The molecule has 1 aromatic rings. The molecule has 1 aliphatic rings. The average molecular weight is 232 g/mol. The van der Waals surface area contributed by atoms with Crippen LogP contribution in [0.1, 0.15) is 31.4 Å². The minimum Gasteiger partial charge on any atom is -0.353 e. The molecule has 0 saturated heterocycles. The van der Waals surface area contributed by atoms with Crippen LogP contribution in [0.25, 0.3) is 0 Å². The monoisotopic (exact) mass is 232 g/mol. The first-order valence-corrected chi connectivity index (χ1v) is 6.08. The molecule has 0 bridgehead atoms. The lowest BCUT2D eigenvalue weighted by Crippen LogP contribution is -2.29. The minimum absolute atomic E-state index is 0.112. The number of carbonyl (C=O) groups excluding carboxylic acids is 1. The normalized spacial score (nSPS) is 21.0. The Morgan fingerprint density at radius 1 is 1.35 bits per heavy atom. The van der Waals surface area contributed by atoms with Gasteiger partial charge in [0, 0.05) is 12.6 Å². The number of hydrogen-bond donors (Lipinski definition) is 2. The summed E-state index contributed by atoms with van der Waals surface area (Å²) >= 11 is 0. The molecule has 1 fully saturated rings. The maximum absolute atomic E-state index is 11.8. The van der Waals surface area contributed by atoms with Crippen LogP contribution < -0.4 is 11.1 Å². The Labute approximate surface area is 102 Å². The third-order valence-corrected chi connectivity index (χ3v) is 3.47. The van der Waals surface area contributed by atoms with E-state index in [1.165, 1.54) is 0 Å². The summed E-state index contributed by atoms with van der Waals surface area (Å²) in [4.78, 5) is 11.8. The summed E-state index contributed by atoms with van der Waals surface area (Å²) in [5.74, 6) is 0.112. The van der Waals surface area contributed by atoms with Crippen molar-refractivity contribution in [3.63, 3.8) is 0 Å². The van der Waals surface area contributed by atoms with Crippen molar-refractivity contribution in [2.45, 2.75) is 39.3 Å². The molecule has 1 amide bonds. The van der Waals surface area contributed by atoms with Crippen molar-refractivity contribution < 1.29 is 4.79 Å². The molecule has 17 heavy (non-hydrogen) atoms. The summed E-state index contributed by atoms with van der Waals surface area (Å²) in [5.41, 5.74) is 7.95. The number of amides is 1. The molecule has 0 heterocycles. The SMILES string of the molecule is CC1(C)CC1NC(=O)Cc1ccc(CN)cc1. The maximum Gasteiger partial charge on any atom is 0.224 e. The Morgan fingerprint density at radius 3 is 2.35 bits per heavy atom. The van der Waals surface area contributed by atoms with Crippen LogP contribution in [-0.2, 0) is 17.8 Å². The molecule has 0 spiro atoms. The maximum atomic E-state index is 11.8. The fourth-order valence-corrected chi connectivity index (χ4v) is 1.94. The van der Waals surface area contributed by atoms with Crippen molar-refractivity contribution in [3.8, 4) is 0 Å². The molecule has 3 nitrogen and oxygen atoms in total. The Bertz CT molecular complexity index is 409. The van der Waals surface area contributed by atoms with Gasteiger partial charge in [-0.25, -0.2) is 0 Å². The number of nitrogens with two attached hydrogens (primary N) is 1. The molecule has 1 aliphatic carbocycles. The molecule has 3 heteroatoms. The summed E-state index contributed by atoms with van der Waals surface area (Å²) in [6.45, 7) is 4.89. The molecule has 1 aromatic carbocycles. The topological polar surface area (TPSA) is 55.1 Å². The summed E-state index contributed by atoms with van der Waals surface area (Å²) < 4.78 is 0. The van der Waals surface area contributed by atoms with Crippen molar-refractivity contribution in [3.05, 3.63) is 35.4 Å². The molecule has 0 aliphatic heterocycles. The smallest absolute Gasteiger partial charge is 0.224 e. The second-order valence-electron chi connectivity index (χ2n) is 5.51. The number of hydrogen-bond acceptors (Lipinski definition) is 2. The summed E-state index contributed by atoms with van der Waals surface area (Å²) in [6, 6.07) is 8.26. The van der Waals surface area contributed by atoms with E-state index in [0.29, 0.717) is 24.4 Å². The number of carbonyl (C=O) groups is 1. The van der Waals surface area contributed by atoms with Crippen molar-refractivity contribution in [2.24, 2.45) is 11.1 Å². The highest BCUT2D eigenvalue weighted by molar-refractivity contribution is 5.79. The van der Waals surface area contributed by atoms with E-state index in [4.69, 9.17) is 5.73 Å². The molecule has 3 N–H and O–H groups in total. The fourth-order valence-electron chi connectivity index (χ4n) is 1.94. The standard InChI is InChI=1S/C14H20N2O/c1-14(2)8-12(14)16-13(17)7-10-3-5-11(9-15)6-4-10/h3-6,12H,7-9,15H2,1-2H3,(H,16,17). The molecule has 92 valence electrons. The predicted octanol–water partition coefficient (Wildman–Crippen LogP) is 1.60. The van der Waals surface area contributed by atoms with Crippen LogP contribution in [0.2, 0.25) is 0 Å². The van der Waals surface area contributed by atoms with Crippen LogP contribution >= 0.6 is 0 Å². The van der Waals surface area contributed by atoms with Gasteiger partial charge in [-0.1, -0.05) is 38.1 Å². The first kappa shape index (κ1) is 12.1. The van der Waals surface area contributed by atoms with E-state index in [-0.39, 0.29) is 5.91 Å². The van der Waals surface area contributed by atoms with Gasteiger partial charge in [0.2, 0.25) is 5.91 Å². The minimum atomic E-state index is 0.112. The number of nitrogens with one attached hydrogen (secondary N) is 1. The van der Waals surface area contributed by atoms with E-state index in [0.717, 1.165) is 17.5 Å². The van der Waals surface area contributed by atoms with Gasteiger partial charge in [-0.2, -0.15) is 0 Å². The van der Waals surface area contributed by atoms with E-state index in [2.05, 4.69) is 19.2 Å². The lowest BCUT2D eigenvalue weighted by molar-refractivity contribution is -0.120. The van der Waals surface area contributed by atoms with Crippen LogP contribution in [0, 0.1) is 5.41 Å². The molecule has 0 radical (unpaired) electrons. The zero-order valence-corrected chi connectivity index (χ0v) is 10.5. The van der Waals surface area contributed by atoms with Gasteiger partial charge in [-0.05, 0) is 23.0 Å². The highest BCUT2D eigenvalue weighted by atomic mass is 16.1. The van der Waals surface area contributed by atoms with E-state index in [1.807, 2.05) is 24.3 Å². The number of rotatable bonds is 4. The van der Waals surface area contributed by atoms with E-state index in [9.17, 15) is 4.79 Å². The Balaban J connectivity index is 1.85. The van der Waals surface area contributed by atoms with Gasteiger partial charge in [0.1, 0.15) is 0 Å². The number of benzene rings is 1. The molecule has 1 unspecified atom stereocenters. The molecular weight excluding hydrogens is 212 g/mol. The van der Waals surface area contributed by atoms with Crippen LogP contribution in [0.5, 0.6) is 0 Å². The fraction of sp³-hybridized carbons (Fsp3) is 0.500. The largest absolute Gasteiger partial charge is 0.353 e. The van der Waals surface area contributed by atoms with Crippen LogP contribution in [0.3, 0.4) is 0 Å². The second-order valence-corrected chi connectivity index (χ2v) is 5.51. The Hall–Kier alpha value is -1.35. The molecule has 1 atom stereocenters. The van der Waals surface area contributed by atoms with Gasteiger partial charge >= 0.3 is 0 Å². The average Bonchev–Trinajstić information content (AvgIpc) is 2.86. The van der Waals surface area contributed by atoms with E-state index in [1.54, 1.807) is 0 Å². The third kappa shape index (κ3) is 3.07. The van der Waals surface area contributed by atoms with E-state index >= 15 is 0 Å². The van der Waals surface area contributed by atoms with Gasteiger partial charge in [-0.3, -0.25) is 4.79 Å². The van der Waals surface area contributed by atoms with Crippen molar-refractivity contribution in [1.29, 1.82) is 0 Å². The summed E-state index contributed by atoms with van der Waals surface area (Å²) in [7, 11) is 0. The Kier molecular flexibility index (Phi) is 3.20. The van der Waals surface area contributed by atoms with Gasteiger partial charge in [0.05, 0.1) is 6.42 Å². The zero-order chi connectivity index (χ0) is 12.5. The van der Waals surface area contributed by atoms with Crippen molar-refractivity contribution in [1.82, 2.24) is 5.32 Å². The first-order chi connectivity index (χ1) is 8.01. The molecular formula is C14H20N2O. The van der Waals surface area contributed by atoms with E-state index < -0.39 is 0 Å². The van der Waals surface area contributed by atoms with Gasteiger partial charge in [0.15, 0.2) is 0 Å². The van der Waals surface area contributed by atoms with Crippen LogP contribution in [-0.4, -0.2) is 11.9 Å². The molecule has 0 aromatic heterocycles. The lowest BCUT2D eigenvalue weighted by Gasteiger charge is -2.07. The second kappa shape index (κ2) is 4.49. The highest BCUT2D eigenvalue weighted by Crippen LogP contribution is 2.44. The highest BCUT2D eigenvalue weighted by Gasteiger charge is 2.46. The zero-order valence-electron chi connectivity index (χ0n) is 10.5. The van der Waals surface area contributed by atoms with Crippen molar-refractivity contribution in [2.75, 3.05) is 0 Å².